The Morgan fingerprint density at radius 3 is 2.82 bits per heavy atom. The van der Waals surface area contributed by atoms with Crippen LogP contribution >= 0.6 is 11.6 Å². The summed E-state index contributed by atoms with van der Waals surface area (Å²) in [6, 6.07) is 4.65. The van der Waals surface area contributed by atoms with Crippen molar-refractivity contribution >= 4 is 17.6 Å². The molecule has 0 radical (unpaired) electrons. The molecule has 0 saturated heterocycles. The summed E-state index contributed by atoms with van der Waals surface area (Å²) < 4.78 is 9.92. The Morgan fingerprint density at radius 1 is 1.59 bits per heavy atom. The van der Waals surface area contributed by atoms with E-state index in [0.29, 0.717) is 16.3 Å². The molecule has 1 unspecified atom stereocenters. The molecule has 5 nitrogen and oxygen atoms in total. The quantitative estimate of drug-likeness (QED) is 0.808. The zero-order chi connectivity index (χ0) is 12.8. The van der Waals surface area contributed by atoms with Gasteiger partial charge in [0.2, 0.25) is 0 Å². The maximum Gasteiger partial charge on any atom is 0.329 e. The lowest BCUT2D eigenvalue weighted by Gasteiger charge is -2.14. The molecule has 94 valence electrons. The summed E-state index contributed by atoms with van der Waals surface area (Å²) >= 11 is 6.01. The molecule has 1 aromatic rings. The monoisotopic (exact) mass is 259 g/mol. The Hall–Kier alpha value is -1.30. The largest absolute Gasteiger partial charge is 0.497 e. The Morgan fingerprint density at radius 2 is 2.29 bits per heavy atom. The highest BCUT2D eigenvalue weighted by atomic mass is 35.5. The van der Waals surface area contributed by atoms with E-state index in [1.807, 2.05) is 0 Å². The molecule has 0 aliphatic heterocycles. The van der Waals surface area contributed by atoms with E-state index in [1.54, 1.807) is 25.3 Å². The van der Waals surface area contributed by atoms with E-state index < -0.39 is 12.0 Å². The summed E-state index contributed by atoms with van der Waals surface area (Å²) in [4.78, 5) is 10.3. The third-order valence-electron chi connectivity index (χ3n) is 2.13. The first-order valence-electron chi connectivity index (χ1n) is 4.93. The minimum Gasteiger partial charge on any atom is -0.497 e. The van der Waals surface area contributed by atoms with Crippen molar-refractivity contribution in [2.45, 2.75) is 6.04 Å². The van der Waals surface area contributed by atoms with Gasteiger partial charge in [0.25, 0.3) is 0 Å². The predicted molar refractivity (Wildman–Crippen MR) is 63.4 cm³/mol. The lowest BCUT2D eigenvalue weighted by molar-refractivity contribution is -0.142. The van der Waals surface area contributed by atoms with Gasteiger partial charge >= 0.3 is 5.97 Å². The number of hydrogen-bond donors (Lipinski definition) is 2. The van der Waals surface area contributed by atoms with Crippen molar-refractivity contribution in [3.05, 3.63) is 28.8 Å². The lowest BCUT2D eigenvalue weighted by Crippen LogP contribution is -2.20. The van der Waals surface area contributed by atoms with Gasteiger partial charge in [-0.1, -0.05) is 17.7 Å². The molecule has 0 heterocycles. The molecule has 17 heavy (non-hydrogen) atoms. The summed E-state index contributed by atoms with van der Waals surface area (Å²) in [5.41, 5.74) is 6.52. The smallest absolute Gasteiger partial charge is 0.329 e. The number of carbonyl (C=O) groups is 1. The van der Waals surface area contributed by atoms with E-state index in [9.17, 15) is 4.79 Å². The molecule has 1 atom stereocenters. The first-order valence-corrected chi connectivity index (χ1v) is 5.31. The average molecular weight is 260 g/mol. The Labute approximate surface area is 104 Å². The number of aliphatic carboxylic acids is 1. The number of halogens is 1. The number of carboxylic acid groups (broad SMARTS) is 1. The third-order valence-corrected chi connectivity index (χ3v) is 2.46. The molecule has 0 spiro atoms. The molecular weight excluding hydrogens is 246 g/mol. The zero-order valence-corrected chi connectivity index (χ0v) is 10.1. The summed E-state index contributed by atoms with van der Waals surface area (Å²) in [6.45, 7) is -0.278. The minimum absolute atomic E-state index is 0.0956. The Bertz CT molecular complexity index is 397. The second-order valence-corrected chi connectivity index (χ2v) is 3.81. The van der Waals surface area contributed by atoms with Crippen LogP contribution in [0, 0.1) is 0 Å². The van der Waals surface area contributed by atoms with Crippen molar-refractivity contribution in [2.75, 3.05) is 20.3 Å². The molecule has 0 aromatic heterocycles. The number of hydrogen-bond acceptors (Lipinski definition) is 4. The topological polar surface area (TPSA) is 81.8 Å². The van der Waals surface area contributed by atoms with Crippen molar-refractivity contribution in [3.63, 3.8) is 0 Å². The fourth-order valence-electron chi connectivity index (χ4n) is 1.30. The highest BCUT2D eigenvalue weighted by molar-refractivity contribution is 6.31. The molecule has 0 aliphatic carbocycles. The Balaban J connectivity index is 2.62. The maximum absolute atomic E-state index is 10.3. The number of benzene rings is 1. The molecule has 6 heteroatoms. The molecule has 3 N–H and O–H groups in total. The summed E-state index contributed by atoms with van der Waals surface area (Å²) in [6.07, 6.45) is 0. The van der Waals surface area contributed by atoms with Crippen LogP contribution in [0.2, 0.25) is 5.02 Å². The number of rotatable bonds is 6. The fraction of sp³-hybridized carbons (Fsp3) is 0.364. The first kappa shape index (κ1) is 13.8. The molecule has 1 aromatic carbocycles. The summed E-state index contributed by atoms with van der Waals surface area (Å²) in [7, 11) is 1.54. The van der Waals surface area contributed by atoms with Crippen molar-refractivity contribution in [2.24, 2.45) is 5.73 Å². The molecule has 0 amide bonds. The van der Waals surface area contributed by atoms with Gasteiger partial charge in [-0.3, -0.25) is 0 Å². The summed E-state index contributed by atoms with van der Waals surface area (Å²) in [5, 5.41) is 8.88. The number of ether oxygens (including phenoxy) is 2. The predicted octanol–water partition coefficient (Wildman–Crippen LogP) is 1.45. The van der Waals surface area contributed by atoms with Crippen LogP contribution in [-0.2, 0) is 9.53 Å². The van der Waals surface area contributed by atoms with E-state index in [1.165, 1.54) is 0 Å². The SMILES string of the molecule is COc1ccc(C(N)COCC(=O)O)c(Cl)c1. The standard InChI is InChI=1S/C11H14ClNO4/c1-16-7-2-3-8(9(12)4-7)10(13)5-17-6-11(14)15/h2-4,10H,5-6,13H2,1H3,(H,14,15). The third kappa shape index (κ3) is 4.22. The molecule has 0 bridgehead atoms. The van der Waals surface area contributed by atoms with Crippen LogP contribution in [0.1, 0.15) is 11.6 Å². The molecule has 0 fully saturated rings. The van der Waals surface area contributed by atoms with Gasteiger partial charge in [-0.05, 0) is 17.7 Å². The number of nitrogens with two attached hydrogens (primary N) is 1. The van der Waals surface area contributed by atoms with Gasteiger partial charge < -0.3 is 20.3 Å². The van der Waals surface area contributed by atoms with Gasteiger partial charge in [0, 0.05) is 5.02 Å². The molecule has 1 rings (SSSR count). The molecule has 0 aliphatic rings. The van der Waals surface area contributed by atoms with Crippen LogP contribution in [0.4, 0.5) is 0 Å². The van der Waals surface area contributed by atoms with Gasteiger partial charge in [0.1, 0.15) is 12.4 Å². The van der Waals surface area contributed by atoms with E-state index >= 15 is 0 Å². The summed E-state index contributed by atoms with van der Waals surface area (Å²) in [5.74, 6) is -0.393. The van der Waals surface area contributed by atoms with Gasteiger partial charge in [0.05, 0.1) is 19.8 Å². The van der Waals surface area contributed by atoms with Gasteiger partial charge in [-0.15, -0.1) is 0 Å². The van der Waals surface area contributed by atoms with Crippen molar-refractivity contribution in [3.8, 4) is 5.75 Å². The van der Waals surface area contributed by atoms with Crippen LogP contribution in [-0.4, -0.2) is 31.4 Å². The molecule has 0 saturated carbocycles. The van der Waals surface area contributed by atoms with Crippen molar-refractivity contribution in [1.29, 1.82) is 0 Å². The van der Waals surface area contributed by atoms with E-state index in [2.05, 4.69) is 0 Å². The number of carboxylic acids is 1. The second-order valence-electron chi connectivity index (χ2n) is 3.40. The highest BCUT2D eigenvalue weighted by Gasteiger charge is 2.11. The average Bonchev–Trinajstić information content (AvgIpc) is 2.28. The van der Waals surface area contributed by atoms with Crippen LogP contribution in [0.3, 0.4) is 0 Å². The van der Waals surface area contributed by atoms with Gasteiger partial charge in [-0.2, -0.15) is 0 Å². The fourth-order valence-corrected chi connectivity index (χ4v) is 1.61. The number of methoxy groups -OCH3 is 1. The highest BCUT2D eigenvalue weighted by Crippen LogP contribution is 2.26. The second kappa shape index (κ2) is 6.44. The Kier molecular flexibility index (Phi) is 5.21. The minimum atomic E-state index is -1.03. The normalized spacial score (nSPS) is 12.2. The van der Waals surface area contributed by atoms with E-state index in [4.69, 9.17) is 31.9 Å². The van der Waals surface area contributed by atoms with Crippen LogP contribution in [0.25, 0.3) is 0 Å². The van der Waals surface area contributed by atoms with Crippen molar-refractivity contribution < 1.29 is 19.4 Å². The van der Waals surface area contributed by atoms with E-state index in [-0.39, 0.29) is 13.2 Å². The van der Waals surface area contributed by atoms with Crippen LogP contribution < -0.4 is 10.5 Å². The van der Waals surface area contributed by atoms with Crippen LogP contribution in [0.15, 0.2) is 18.2 Å². The van der Waals surface area contributed by atoms with Crippen LogP contribution in [0.5, 0.6) is 5.75 Å². The first-order chi connectivity index (χ1) is 8.04. The lowest BCUT2D eigenvalue weighted by atomic mass is 10.1. The molecular formula is C11H14ClNO4. The van der Waals surface area contributed by atoms with Gasteiger partial charge in [-0.25, -0.2) is 4.79 Å². The van der Waals surface area contributed by atoms with E-state index in [0.717, 1.165) is 0 Å². The maximum atomic E-state index is 10.3. The van der Waals surface area contributed by atoms with Crippen molar-refractivity contribution in [1.82, 2.24) is 0 Å². The van der Waals surface area contributed by atoms with Gasteiger partial charge in [0.15, 0.2) is 0 Å². The zero-order valence-electron chi connectivity index (χ0n) is 9.35.